The maximum Gasteiger partial charge on any atom is 0.234 e. The third-order valence-corrected chi connectivity index (χ3v) is 4.56. The second-order valence-corrected chi connectivity index (χ2v) is 6.36. The zero-order valence-corrected chi connectivity index (χ0v) is 14.2. The zero-order valence-electron chi connectivity index (χ0n) is 14.2. The lowest BCUT2D eigenvalue weighted by molar-refractivity contribution is -0.122. The maximum atomic E-state index is 12.4. The van der Waals surface area contributed by atoms with E-state index in [-0.39, 0.29) is 17.7 Å². The molecule has 2 heterocycles. The highest BCUT2D eigenvalue weighted by molar-refractivity contribution is 5.96. The molecule has 130 valence electrons. The van der Waals surface area contributed by atoms with E-state index in [1.54, 1.807) is 6.20 Å². The summed E-state index contributed by atoms with van der Waals surface area (Å²) in [5.74, 6) is 0.121. The summed E-state index contributed by atoms with van der Waals surface area (Å²) in [6, 6.07) is 15.2. The number of hydrogen-bond acceptors (Lipinski definition) is 4. The van der Waals surface area contributed by atoms with Crippen molar-refractivity contribution in [3.63, 3.8) is 0 Å². The fourth-order valence-corrected chi connectivity index (χ4v) is 3.22. The first-order valence-corrected chi connectivity index (χ1v) is 8.71. The molecule has 1 aliphatic rings. The summed E-state index contributed by atoms with van der Waals surface area (Å²) in [4.78, 5) is 30.9. The molecule has 0 unspecified atom stereocenters. The highest BCUT2D eigenvalue weighted by Crippen LogP contribution is 2.21. The molecule has 1 saturated heterocycles. The Morgan fingerprint density at radius 3 is 2.68 bits per heavy atom. The van der Waals surface area contributed by atoms with Crippen molar-refractivity contribution in [2.24, 2.45) is 0 Å². The Hall–Kier alpha value is -2.53. The number of carbonyl (C=O) groups is 2. The lowest BCUT2D eigenvalue weighted by Crippen LogP contribution is -2.40. The summed E-state index contributed by atoms with van der Waals surface area (Å²) < 4.78 is 0. The van der Waals surface area contributed by atoms with Crippen molar-refractivity contribution >= 4 is 11.7 Å². The van der Waals surface area contributed by atoms with Gasteiger partial charge in [0.15, 0.2) is 5.78 Å². The number of pyridine rings is 1. The zero-order chi connectivity index (χ0) is 17.5. The van der Waals surface area contributed by atoms with Gasteiger partial charge in [0.1, 0.15) is 0 Å². The Balaban J connectivity index is 1.49. The van der Waals surface area contributed by atoms with E-state index in [0.29, 0.717) is 19.5 Å². The van der Waals surface area contributed by atoms with Gasteiger partial charge >= 0.3 is 0 Å². The van der Waals surface area contributed by atoms with Crippen LogP contribution in [-0.4, -0.2) is 40.7 Å². The smallest absolute Gasteiger partial charge is 0.234 e. The Morgan fingerprint density at radius 1 is 1.12 bits per heavy atom. The van der Waals surface area contributed by atoms with E-state index in [2.05, 4.69) is 15.2 Å². The molecule has 1 aromatic heterocycles. The predicted octanol–water partition coefficient (Wildman–Crippen LogP) is 2.44. The molecule has 2 aromatic rings. The number of likely N-dealkylation sites (tertiary alicyclic amines) is 1. The highest BCUT2D eigenvalue weighted by atomic mass is 16.2. The molecule has 25 heavy (non-hydrogen) atoms. The molecule has 0 bridgehead atoms. The second kappa shape index (κ2) is 8.53. The van der Waals surface area contributed by atoms with Gasteiger partial charge in [-0.2, -0.15) is 0 Å². The van der Waals surface area contributed by atoms with Gasteiger partial charge in [0.05, 0.1) is 18.8 Å². The molecule has 1 N–H and O–H groups in total. The standard InChI is InChI=1S/C20H23N3O2/c24-19(16-7-2-1-3-8-16)13-18-10-6-12-23(18)15-20(25)22-14-17-9-4-5-11-21-17/h1-5,7-9,11,18H,6,10,12-15H2,(H,22,25)/t18-/m0/s1. The van der Waals surface area contributed by atoms with Crippen LogP contribution in [0.1, 0.15) is 35.3 Å². The molecule has 1 aromatic carbocycles. The van der Waals surface area contributed by atoms with E-state index >= 15 is 0 Å². The Kier molecular flexibility index (Phi) is 5.90. The monoisotopic (exact) mass is 337 g/mol. The van der Waals surface area contributed by atoms with E-state index in [4.69, 9.17) is 0 Å². The van der Waals surface area contributed by atoms with Crippen LogP contribution < -0.4 is 5.32 Å². The molecule has 0 saturated carbocycles. The van der Waals surface area contributed by atoms with Gasteiger partial charge in [0.25, 0.3) is 0 Å². The van der Waals surface area contributed by atoms with Crippen LogP contribution >= 0.6 is 0 Å². The van der Waals surface area contributed by atoms with E-state index in [0.717, 1.165) is 30.6 Å². The van der Waals surface area contributed by atoms with Crippen LogP contribution in [0.3, 0.4) is 0 Å². The number of benzene rings is 1. The van der Waals surface area contributed by atoms with Crippen molar-refractivity contribution in [1.29, 1.82) is 0 Å². The van der Waals surface area contributed by atoms with Crippen LogP contribution in [0.25, 0.3) is 0 Å². The fraction of sp³-hybridized carbons (Fsp3) is 0.350. The number of aromatic nitrogens is 1. The van der Waals surface area contributed by atoms with E-state index in [9.17, 15) is 9.59 Å². The average molecular weight is 337 g/mol. The second-order valence-electron chi connectivity index (χ2n) is 6.36. The predicted molar refractivity (Wildman–Crippen MR) is 96.1 cm³/mol. The average Bonchev–Trinajstić information content (AvgIpc) is 3.08. The number of hydrogen-bond donors (Lipinski definition) is 1. The summed E-state index contributed by atoms with van der Waals surface area (Å²) >= 11 is 0. The summed E-state index contributed by atoms with van der Waals surface area (Å²) in [5, 5.41) is 2.90. The van der Waals surface area contributed by atoms with Gasteiger partial charge in [0, 0.05) is 24.2 Å². The Labute approximate surface area is 148 Å². The van der Waals surface area contributed by atoms with E-state index < -0.39 is 0 Å². The third kappa shape index (κ3) is 4.97. The minimum Gasteiger partial charge on any atom is -0.349 e. The van der Waals surface area contributed by atoms with Gasteiger partial charge in [0.2, 0.25) is 5.91 Å². The highest BCUT2D eigenvalue weighted by Gasteiger charge is 2.28. The lowest BCUT2D eigenvalue weighted by atomic mass is 10.0. The molecular weight excluding hydrogens is 314 g/mol. The van der Waals surface area contributed by atoms with Crippen molar-refractivity contribution in [3.05, 3.63) is 66.0 Å². The van der Waals surface area contributed by atoms with Crippen LogP contribution in [0.5, 0.6) is 0 Å². The molecule has 0 aliphatic carbocycles. The van der Waals surface area contributed by atoms with Crippen molar-refractivity contribution in [3.8, 4) is 0 Å². The summed E-state index contributed by atoms with van der Waals surface area (Å²) in [6.45, 7) is 1.63. The molecule has 0 radical (unpaired) electrons. The largest absolute Gasteiger partial charge is 0.349 e. The van der Waals surface area contributed by atoms with Gasteiger partial charge in [-0.25, -0.2) is 0 Å². The first-order valence-electron chi connectivity index (χ1n) is 8.71. The molecule has 1 atom stereocenters. The number of nitrogens with one attached hydrogen (secondary N) is 1. The molecule has 1 fully saturated rings. The summed E-state index contributed by atoms with van der Waals surface area (Å²) in [6.07, 6.45) is 4.18. The van der Waals surface area contributed by atoms with Crippen LogP contribution in [0.2, 0.25) is 0 Å². The SMILES string of the molecule is O=C(CN1CCC[C@H]1CC(=O)c1ccccc1)NCc1ccccn1. The maximum absolute atomic E-state index is 12.4. The Morgan fingerprint density at radius 2 is 1.92 bits per heavy atom. The fourth-order valence-electron chi connectivity index (χ4n) is 3.22. The number of amides is 1. The van der Waals surface area contributed by atoms with Crippen LogP contribution in [-0.2, 0) is 11.3 Å². The molecule has 1 amide bonds. The lowest BCUT2D eigenvalue weighted by Gasteiger charge is -2.23. The normalized spacial score (nSPS) is 17.4. The third-order valence-electron chi connectivity index (χ3n) is 4.56. The van der Waals surface area contributed by atoms with E-state index in [1.807, 2.05) is 48.5 Å². The van der Waals surface area contributed by atoms with Gasteiger partial charge < -0.3 is 5.32 Å². The van der Waals surface area contributed by atoms with Gasteiger partial charge in [-0.15, -0.1) is 0 Å². The molecule has 5 heteroatoms. The topological polar surface area (TPSA) is 62.3 Å². The summed E-state index contributed by atoms with van der Waals surface area (Å²) in [7, 11) is 0. The van der Waals surface area contributed by atoms with Gasteiger partial charge in [-0.05, 0) is 31.5 Å². The van der Waals surface area contributed by atoms with Crippen molar-refractivity contribution in [2.45, 2.75) is 31.8 Å². The minimum absolute atomic E-state index is 0.0234. The number of nitrogens with zero attached hydrogens (tertiary/aromatic N) is 2. The van der Waals surface area contributed by atoms with Crippen molar-refractivity contribution in [2.75, 3.05) is 13.1 Å². The number of carbonyl (C=O) groups excluding carboxylic acids is 2. The van der Waals surface area contributed by atoms with Crippen LogP contribution in [0.4, 0.5) is 0 Å². The molecule has 0 spiro atoms. The molecule has 5 nitrogen and oxygen atoms in total. The number of Topliss-reactive ketones (excluding diaryl/α,β-unsaturated/α-hetero) is 1. The first kappa shape index (κ1) is 17.3. The van der Waals surface area contributed by atoms with Crippen LogP contribution in [0, 0.1) is 0 Å². The van der Waals surface area contributed by atoms with Gasteiger partial charge in [-0.3, -0.25) is 19.5 Å². The van der Waals surface area contributed by atoms with E-state index in [1.165, 1.54) is 0 Å². The first-order chi connectivity index (χ1) is 12.2. The quantitative estimate of drug-likeness (QED) is 0.788. The molecule has 1 aliphatic heterocycles. The van der Waals surface area contributed by atoms with Crippen molar-refractivity contribution < 1.29 is 9.59 Å². The van der Waals surface area contributed by atoms with Crippen LogP contribution in [0.15, 0.2) is 54.7 Å². The molecular formula is C20H23N3O2. The Bertz CT molecular complexity index is 703. The minimum atomic E-state index is -0.0234. The van der Waals surface area contributed by atoms with Gasteiger partial charge in [-0.1, -0.05) is 36.4 Å². The number of rotatable bonds is 7. The molecule has 3 rings (SSSR count). The number of ketones is 1. The van der Waals surface area contributed by atoms with Crippen molar-refractivity contribution in [1.82, 2.24) is 15.2 Å². The summed E-state index contributed by atoms with van der Waals surface area (Å²) in [5.41, 5.74) is 1.59.